The summed E-state index contributed by atoms with van der Waals surface area (Å²) in [4.78, 5) is 22.0. The fourth-order valence-electron chi connectivity index (χ4n) is 2.14. The van der Waals surface area contributed by atoms with Gasteiger partial charge >= 0.3 is 11.9 Å². The smallest absolute Gasteiger partial charge is 0.394 e. The summed E-state index contributed by atoms with van der Waals surface area (Å²) >= 11 is 0. The molecule has 0 saturated carbocycles. The Kier molecular flexibility index (Phi) is 2.78. The normalized spacial score (nSPS) is 10.9. The lowest BCUT2D eigenvalue weighted by molar-refractivity contribution is 0.0559. The van der Waals surface area contributed by atoms with Crippen LogP contribution in [0.25, 0.3) is 22.0 Å². The van der Waals surface area contributed by atoms with E-state index in [9.17, 15) is 4.79 Å². The highest BCUT2D eigenvalue weighted by Gasteiger charge is 2.19. The number of oxazole rings is 1. The quantitative estimate of drug-likeness (QED) is 0.666. The number of rotatable bonds is 2. The van der Waals surface area contributed by atoms with Gasteiger partial charge in [0.2, 0.25) is 0 Å². The number of methoxy groups -OCH3 is 1. The Morgan fingerprint density at radius 2 is 2.20 bits per heavy atom. The zero-order valence-corrected chi connectivity index (χ0v) is 11.4. The van der Waals surface area contributed by atoms with Crippen LogP contribution < -0.4 is 4.90 Å². The monoisotopic (exact) mass is 271 g/mol. The van der Waals surface area contributed by atoms with E-state index in [1.54, 1.807) is 6.20 Å². The van der Waals surface area contributed by atoms with E-state index in [0.29, 0.717) is 16.6 Å². The minimum Gasteiger partial charge on any atom is -0.462 e. The molecule has 6 heteroatoms. The SMILES string of the molecule is COC(=O)c1nc2cc(N(C)C)c3cccnc3c2o1. The van der Waals surface area contributed by atoms with E-state index in [-0.39, 0.29) is 5.89 Å². The van der Waals surface area contributed by atoms with E-state index in [1.165, 1.54) is 7.11 Å². The maximum atomic E-state index is 11.5. The molecule has 102 valence electrons. The number of carbonyl (C=O) groups is 1. The van der Waals surface area contributed by atoms with Gasteiger partial charge in [-0.05, 0) is 18.2 Å². The predicted molar refractivity (Wildman–Crippen MR) is 75.0 cm³/mol. The second-order valence-electron chi connectivity index (χ2n) is 4.55. The highest BCUT2D eigenvalue weighted by atomic mass is 16.5. The van der Waals surface area contributed by atoms with Crippen LogP contribution in [0.15, 0.2) is 28.8 Å². The lowest BCUT2D eigenvalue weighted by atomic mass is 10.1. The molecular weight excluding hydrogens is 258 g/mol. The number of nitrogens with zero attached hydrogens (tertiary/aromatic N) is 3. The van der Waals surface area contributed by atoms with Gasteiger partial charge in [0.1, 0.15) is 11.0 Å². The molecule has 0 spiro atoms. The predicted octanol–water partition coefficient (Wildman–Crippen LogP) is 2.23. The minimum absolute atomic E-state index is 0.0645. The molecule has 0 fully saturated rings. The van der Waals surface area contributed by atoms with E-state index in [0.717, 1.165) is 11.1 Å². The van der Waals surface area contributed by atoms with Crippen LogP contribution in [0.5, 0.6) is 0 Å². The molecule has 2 heterocycles. The number of esters is 1. The number of anilines is 1. The number of hydrogen-bond acceptors (Lipinski definition) is 6. The molecule has 3 rings (SSSR count). The molecule has 2 aromatic heterocycles. The lowest BCUT2D eigenvalue weighted by Crippen LogP contribution is -2.09. The summed E-state index contributed by atoms with van der Waals surface area (Å²) in [6.07, 6.45) is 1.68. The van der Waals surface area contributed by atoms with Crippen LogP contribution in [0.2, 0.25) is 0 Å². The summed E-state index contributed by atoms with van der Waals surface area (Å²) in [6.45, 7) is 0. The van der Waals surface area contributed by atoms with Crippen molar-refractivity contribution in [2.75, 3.05) is 26.1 Å². The summed E-state index contributed by atoms with van der Waals surface area (Å²) in [6, 6.07) is 5.69. The van der Waals surface area contributed by atoms with Crippen LogP contribution in [-0.4, -0.2) is 37.1 Å². The van der Waals surface area contributed by atoms with Crippen molar-refractivity contribution in [2.45, 2.75) is 0 Å². The van der Waals surface area contributed by atoms with Gasteiger partial charge in [0.25, 0.3) is 0 Å². The maximum absolute atomic E-state index is 11.5. The van der Waals surface area contributed by atoms with Gasteiger partial charge in [-0.3, -0.25) is 4.98 Å². The Labute approximate surface area is 115 Å². The minimum atomic E-state index is -0.600. The molecule has 6 nitrogen and oxygen atoms in total. The van der Waals surface area contributed by atoms with Crippen molar-refractivity contribution in [3.8, 4) is 0 Å². The largest absolute Gasteiger partial charge is 0.462 e. The zero-order chi connectivity index (χ0) is 14.3. The average Bonchev–Trinajstić information content (AvgIpc) is 2.89. The number of aromatic nitrogens is 2. The summed E-state index contributed by atoms with van der Waals surface area (Å²) < 4.78 is 10.1. The molecule has 1 aromatic carbocycles. The molecule has 0 aliphatic rings. The lowest BCUT2D eigenvalue weighted by Gasteiger charge is -2.14. The Morgan fingerprint density at radius 1 is 1.40 bits per heavy atom. The Balaban J connectivity index is 2.39. The van der Waals surface area contributed by atoms with Gasteiger partial charge in [-0.2, -0.15) is 0 Å². The van der Waals surface area contributed by atoms with Crippen molar-refractivity contribution in [3.63, 3.8) is 0 Å². The van der Waals surface area contributed by atoms with Gasteiger partial charge in [0, 0.05) is 31.4 Å². The van der Waals surface area contributed by atoms with Crippen LogP contribution in [0.3, 0.4) is 0 Å². The van der Waals surface area contributed by atoms with Crippen molar-refractivity contribution < 1.29 is 13.9 Å². The molecule has 20 heavy (non-hydrogen) atoms. The Hall–Kier alpha value is -2.63. The highest BCUT2D eigenvalue weighted by molar-refractivity contribution is 6.08. The van der Waals surface area contributed by atoms with Gasteiger partial charge < -0.3 is 14.1 Å². The van der Waals surface area contributed by atoms with Gasteiger partial charge in [0.15, 0.2) is 5.58 Å². The molecule has 3 aromatic rings. The zero-order valence-electron chi connectivity index (χ0n) is 11.4. The maximum Gasteiger partial charge on any atom is 0.394 e. The Bertz CT molecular complexity index is 808. The number of hydrogen-bond donors (Lipinski definition) is 0. The van der Waals surface area contributed by atoms with Crippen molar-refractivity contribution in [1.82, 2.24) is 9.97 Å². The molecule has 0 aliphatic heterocycles. The van der Waals surface area contributed by atoms with Crippen LogP contribution in [0, 0.1) is 0 Å². The van der Waals surface area contributed by atoms with E-state index < -0.39 is 5.97 Å². The van der Waals surface area contributed by atoms with Crippen molar-refractivity contribution in [1.29, 1.82) is 0 Å². The van der Waals surface area contributed by atoms with Crippen LogP contribution in [0.4, 0.5) is 5.69 Å². The van der Waals surface area contributed by atoms with Gasteiger partial charge in [-0.25, -0.2) is 9.78 Å². The number of benzene rings is 1. The second-order valence-corrected chi connectivity index (χ2v) is 4.55. The van der Waals surface area contributed by atoms with Crippen LogP contribution in [-0.2, 0) is 4.74 Å². The molecule has 0 atom stereocenters. The van der Waals surface area contributed by atoms with Crippen molar-refractivity contribution in [2.24, 2.45) is 0 Å². The number of fused-ring (bicyclic) bond motifs is 3. The summed E-state index contributed by atoms with van der Waals surface area (Å²) in [7, 11) is 5.17. The fourth-order valence-corrected chi connectivity index (χ4v) is 2.14. The third-order valence-corrected chi connectivity index (χ3v) is 3.07. The summed E-state index contributed by atoms with van der Waals surface area (Å²) in [5.41, 5.74) is 2.72. The number of pyridine rings is 1. The third-order valence-electron chi connectivity index (χ3n) is 3.07. The molecule has 0 amide bonds. The van der Waals surface area contributed by atoms with Crippen LogP contribution >= 0.6 is 0 Å². The van der Waals surface area contributed by atoms with Crippen molar-refractivity contribution in [3.05, 3.63) is 30.3 Å². The average molecular weight is 271 g/mol. The standard InChI is InChI=1S/C14H13N3O3/c1-17(2)10-7-9-12(11-8(10)5-4-6-15-11)20-13(16-9)14(18)19-3/h4-7H,1-3H3. The van der Waals surface area contributed by atoms with E-state index >= 15 is 0 Å². The van der Waals surface area contributed by atoms with Gasteiger partial charge in [-0.15, -0.1) is 0 Å². The first-order valence-corrected chi connectivity index (χ1v) is 6.05. The van der Waals surface area contributed by atoms with Crippen LogP contribution in [0.1, 0.15) is 10.7 Å². The third kappa shape index (κ3) is 1.77. The molecule has 0 unspecified atom stereocenters. The number of ether oxygens (including phenoxy) is 1. The summed E-state index contributed by atoms with van der Waals surface area (Å²) in [5, 5.41) is 0.942. The van der Waals surface area contributed by atoms with E-state index in [2.05, 4.69) is 14.7 Å². The first kappa shape index (κ1) is 12.4. The topological polar surface area (TPSA) is 68.5 Å². The summed E-state index contributed by atoms with van der Waals surface area (Å²) in [5.74, 6) is -0.665. The van der Waals surface area contributed by atoms with Gasteiger partial charge in [0.05, 0.1) is 7.11 Å². The molecule has 0 aliphatic carbocycles. The van der Waals surface area contributed by atoms with Crippen molar-refractivity contribution >= 4 is 33.7 Å². The molecule has 0 bridgehead atoms. The molecule has 0 radical (unpaired) electrons. The highest BCUT2D eigenvalue weighted by Crippen LogP contribution is 2.32. The second kappa shape index (κ2) is 4.48. The molecule has 0 saturated heterocycles. The fraction of sp³-hybridized carbons (Fsp3) is 0.214. The molecule has 0 N–H and O–H groups in total. The number of carbonyl (C=O) groups excluding carboxylic acids is 1. The Morgan fingerprint density at radius 3 is 2.90 bits per heavy atom. The van der Waals surface area contributed by atoms with Gasteiger partial charge in [-0.1, -0.05) is 0 Å². The molecular formula is C14H13N3O3. The first-order valence-electron chi connectivity index (χ1n) is 6.05. The first-order chi connectivity index (χ1) is 9.61. The van der Waals surface area contributed by atoms with E-state index in [1.807, 2.05) is 37.2 Å². The van der Waals surface area contributed by atoms with E-state index in [4.69, 9.17) is 4.42 Å².